The number of methoxy groups -OCH3 is 1. The molecule has 6 nitrogen and oxygen atoms in total. The van der Waals surface area contributed by atoms with Gasteiger partial charge in [0, 0.05) is 25.6 Å². The van der Waals surface area contributed by atoms with Crippen molar-refractivity contribution in [3.8, 4) is 11.6 Å². The zero-order valence-electron chi connectivity index (χ0n) is 19.7. The number of likely N-dealkylation sites (tertiary alicyclic amines) is 1. The fourth-order valence-corrected chi connectivity index (χ4v) is 4.07. The van der Waals surface area contributed by atoms with Crippen molar-refractivity contribution >= 4 is 17.8 Å². The van der Waals surface area contributed by atoms with Crippen molar-refractivity contribution in [1.82, 2.24) is 9.88 Å². The van der Waals surface area contributed by atoms with Gasteiger partial charge in [0.1, 0.15) is 5.75 Å². The minimum atomic E-state index is -0.105. The second-order valence-corrected chi connectivity index (χ2v) is 8.49. The quantitative estimate of drug-likeness (QED) is 0.497. The monoisotopic (exact) mass is 457 g/mol. The summed E-state index contributed by atoms with van der Waals surface area (Å²) in [5, 5.41) is 2.92. The number of carbonyl (C=O) groups excluding carboxylic acids is 1. The number of benzene rings is 2. The van der Waals surface area contributed by atoms with Crippen molar-refractivity contribution < 1.29 is 14.3 Å². The lowest BCUT2D eigenvalue weighted by molar-refractivity contribution is 0.198. The van der Waals surface area contributed by atoms with Gasteiger partial charge in [0.25, 0.3) is 0 Å². The van der Waals surface area contributed by atoms with Gasteiger partial charge in [-0.25, -0.2) is 9.78 Å². The molecule has 1 aromatic heterocycles. The van der Waals surface area contributed by atoms with Crippen LogP contribution in [0.5, 0.6) is 11.6 Å². The van der Waals surface area contributed by atoms with Crippen LogP contribution in [0.15, 0.2) is 78.5 Å². The number of amides is 2. The van der Waals surface area contributed by atoms with Gasteiger partial charge >= 0.3 is 6.03 Å². The van der Waals surface area contributed by atoms with Gasteiger partial charge in [0.2, 0.25) is 5.88 Å². The van der Waals surface area contributed by atoms with Crippen molar-refractivity contribution in [1.29, 1.82) is 0 Å². The first-order valence-electron chi connectivity index (χ1n) is 11.6. The molecule has 0 radical (unpaired) electrons. The SMILES string of the molecule is COc1ccc(NC(=O)N2CCC(=Cc3cccc(OCCc4ccccc4)c3)C(C)C2)cn1. The molecular weight excluding hydrogens is 426 g/mol. The zero-order chi connectivity index (χ0) is 23.8. The Balaban J connectivity index is 1.31. The van der Waals surface area contributed by atoms with Gasteiger partial charge < -0.3 is 19.7 Å². The summed E-state index contributed by atoms with van der Waals surface area (Å²) in [4.78, 5) is 18.7. The van der Waals surface area contributed by atoms with Crippen LogP contribution in [0.2, 0.25) is 0 Å². The number of nitrogens with zero attached hydrogens (tertiary/aromatic N) is 2. The third kappa shape index (κ3) is 6.38. The molecule has 176 valence electrons. The lowest BCUT2D eigenvalue weighted by Gasteiger charge is -2.33. The molecule has 0 aliphatic carbocycles. The fourth-order valence-electron chi connectivity index (χ4n) is 4.07. The molecular formula is C28H31N3O3. The van der Waals surface area contributed by atoms with E-state index < -0.39 is 0 Å². The van der Waals surface area contributed by atoms with Crippen molar-refractivity contribution in [3.05, 3.63) is 89.6 Å². The van der Waals surface area contributed by atoms with Gasteiger partial charge in [-0.3, -0.25) is 0 Å². The van der Waals surface area contributed by atoms with Crippen LogP contribution in [0, 0.1) is 5.92 Å². The Hall–Kier alpha value is -3.80. The fraction of sp³-hybridized carbons (Fsp3) is 0.286. The number of carbonyl (C=O) groups is 1. The summed E-state index contributed by atoms with van der Waals surface area (Å²) in [6.07, 6.45) is 5.56. The maximum absolute atomic E-state index is 12.7. The summed E-state index contributed by atoms with van der Waals surface area (Å²) in [5.41, 5.74) is 4.40. The predicted molar refractivity (Wildman–Crippen MR) is 135 cm³/mol. The van der Waals surface area contributed by atoms with E-state index in [1.54, 1.807) is 25.4 Å². The molecule has 0 saturated carbocycles. The lowest BCUT2D eigenvalue weighted by Crippen LogP contribution is -2.42. The highest BCUT2D eigenvalue weighted by Gasteiger charge is 2.24. The third-order valence-electron chi connectivity index (χ3n) is 5.99. The Bertz CT molecular complexity index is 1110. The summed E-state index contributed by atoms with van der Waals surface area (Å²) in [7, 11) is 1.57. The van der Waals surface area contributed by atoms with E-state index in [4.69, 9.17) is 9.47 Å². The van der Waals surface area contributed by atoms with Crippen LogP contribution in [0.3, 0.4) is 0 Å². The summed E-state index contributed by atoms with van der Waals surface area (Å²) < 4.78 is 11.0. The second kappa shape index (κ2) is 11.4. The predicted octanol–water partition coefficient (Wildman–Crippen LogP) is 5.67. The summed E-state index contributed by atoms with van der Waals surface area (Å²) >= 11 is 0. The van der Waals surface area contributed by atoms with Crippen LogP contribution >= 0.6 is 0 Å². The number of nitrogens with one attached hydrogen (secondary N) is 1. The molecule has 2 heterocycles. The molecule has 4 rings (SSSR count). The second-order valence-electron chi connectivity index (χ2n) is 8.49. The number of piperidine rings is 1. The topological polar surface area (TPSA) is 63.7 Å². The highest BCUT2D eigenvalue weighted by atomic mass is 16.5. The van der Waals surface area contributed by atoms with E-state index in [1.807, 2.05) is 23.1 Å². The summed E-state index contributed by atoms with van der Waals surface area (Å²) in [6, 6.07) is 22.0. The van der Waals surface area contributed by atoms with Crippen LogP contribution in [-0.4, -0.2) is 42.7 Å². The summed E-state index contributed by atoms with van der Waals surface area (Å²) in [5.74, 6) is 1.67. The van der Waals surface area contributed by atoms with Crippen molar-refractivity contribution in [3.63, 3.8) is 0 Å². The Morgan fingerprint density at radius 2 is 2.00 bits per heavy atom. The standard InChI is InChI=1S/C28H31N3O3/c1-21-20-31(28(32)30-25-11-12-27(33-2)29-19-25)15-13-24(21)17-23-9-6-10-26(18-23)34-16-14-22-7-4-3-5-8-22/h3-12,17-19,21H,13-16,20H2,1-2H3,(H,30,32). The maximum Gasteiger partial charge on any atom is 0.321 e. The normalized spacial score (nSPS) is 16.8. The first-order valence-corrected chi connectivity index (χ1v) is 11.6. The Kier molecular flexibility index (Phi) is 7.81. The van der Waals surface area contributed by atoms with E-state index in [0.29, 0.717) is 31.3 Å². The van der Waals surface area contributed by atoms with Gasteiger partial charge in [-0.05, 0) is 41.7 Å². The molecule has 1 fully saturated rings. The Morgan fingerprint density at radius 3 is 2.74 bits per heavy atom. The number of aromatic nitrogens is 1. The van der Waals surface area contributed by atoms with Crippen LogP contribution in [-0.2, 0) is 6.42 Å². The van der Waals surface area contributed by atoms with Crippen LogP contribution in [0.25, 0.3) is 6.08 Å². The number of anilines is 1. The van der Waals surface area contributed by atoms with Crippen LogP contribution < -0.4 is 14.8 Å². The van der Waals surface area contributed by atoms with Gasteiger partial charge in [-0.2, -0.15) is 0 Å². The molecule has 1 saturated heterocycles. The zero-order valence-corrected chi connectivity index (χ0v) is 19.7. The number of ether oxygens (including phenoxy) is 2. The highest BCUT2D eigenvalue weighted by molar-refractivity contribution is 5.89. The van der Waals surface area contributed by atoms with Gasteiger partial charge in [-0.1, -0.05) is 61.0 Å². The lowest BCUT2D eigenvalue weighted by atomic mass is 9.91. The van der Waals surface area contributed by atoms with Gasteiger partial charge in [-0.15, -0.1) is 0 Å². The van der Waals surface area contributed by atoms with E-state index >= 15 is 0 Å². The molecule has 0 spiro atoms. The minimum Gasteiger partial charge on any atom is -0.493 e. The molecule has 1 atom stereocenters. The molecule has 0 bridgehead atoms. The van der Waals surface area contributed by atoms with Gasteiger partial charge in [0.05, 0.1) is 25.6 Å². The molecule has 34 heavy (non-hydrogen) atoms. The Labute approximate surface area is 201 Å². The average Bonchev–Trinajstić information content (AvgIpc) is 2.86. The highest BCUT2D eigenvalue weighted by Crippen LogP contribution is 2.26. The third-order valence-corrected chi connectivity index (χ3v) is 5.99. The maximum atomic E-state index is 12.7. The molecule has 1 unspecified atom stereocenters. The molecule has 1 aliphatic heterocycles. The Morgan fingerprint density at radius 1 is 1.15 bits per heavy atom. The van der Waals surface area contributed by atoms with E-state index in [2.05, 4.69) is 59.7 Å². The van der Waals surface area contributed by atoms with E-state index in [9.17, 15) is 4.79 Å². The molecule has 1 aliphatic rings. The van der Waals surface area contributed by atoms with Crippen molar-refractivity contribution in [2.75, 3.05) is 32.1 Å². The molecule has 1 N–H and O–H groups in total. The molecule has 3 aromatic rings. The largest absolute Gasteiger partial charge is 0.493 e. The van der Waals surface area contributed by atoms with E-state index in [1.165, 1.54) is 11.1 Å². The molecule has 2 aromatic carbocycles. The van der Waals surface area contributed by atoms with Crippen LogP contribution in [0.1, 0.15) is 24.5 Å². The first kappa shape index (κ1) is 23.4. The van der Waals surface area contributed by atoms with E-state index in [0.717, 1.165) is 24.2 Å². The molecule has 6 heteroatoms. The van der Waals surface area contributed by atoms with Gasteiger partial charge in [0.15, 0.2) is 0 Å². The smallest absolute Gasteiger partial charge is 0.321 e. The van der Waals surface area contributed by atoms with Crippen LogP contribution in [0.4, 0.5) is 10.5 Å². The van der Waals surface area contributed by atoms with E-state index in [-0.39, 0.29) is 11.9 Å². The number of pyridine rings is 1. The van der Waals surface area contributed by atoms with Crippen molar-refractivity contribution in [2.45, 2.75) is 19.8 Å². The number of hydrogen-bond donors (Lipinski definition) is 1. The molecule has 2 amide bonds. The van der Waals surface area contributed by atoms with Crippen molar-refractivity contribution in [2.24, 2.45) is 5.92 Å². The number of hydrogen-bond acceptors (Lipinski definition) is 4. The minimum absolute atomic E-state index is 0.105. The first-order chi connectivity index (χ1) is 16.6. The average molecular weight is 458 g/mol. The summed E-state index contributed by atoms with van der Waals surface area (Å²) in [6.45, 7) is 4.17. The number of rotatable bonds is 7. The number of urea groups is 1.